The van der Waals surface area contributed by atoms with Gasteiger partial charge in [-0.05, 0) is 19.4 Å². The molecule has 2 heterocycles. The van der Waals surface area contributed by atoms with Gasteiger partial charge >= 0.3 is 0 Å². The number of ether oxygens (including phenoxy) is 1. The van der Waals surface area contributed by atoms with Crippen molar-refractivity contribution in [2.75, 3.05) is 20.2 Å². The number of likely N-dealkylation sites (N-methyl/N-ethyl adjacent to an activating group) is 1. The Morgan fingerprint density at radius 2 is 2.27 bits per heavy atom. The number of likely N-dealkylation sites (tertiary alicyclic amines) is 1. The molecular formula is C9H17NO. The highest BCUT2D eigenvalue weighted by Gasteiger charge is 2.51. The highest BCUT2D eigenvalue weighted by atomic mass is 16.5. The zero-order chi connectivity index (χ0) is 8.06. The molecule has 2 aliphatic heterocycles. The lowest BCUT2D eigenvalue weighted by molar-refractivity contribution is -0.0664. The molecule has 0 radical (unpaired) electrons. The fourth-order valence-corrected chi connectivity index (χ4v) is 2.31. The molecule has 2 nitrogen and oxygen atoms in total. The number of fused-ring (bicyclic) bond motifs is 2. The average molecular weight is 155 g/mol. The number of hydrogen-bond acceptors (Lipinski definition) is 2. The van der Waals surface area contributed by atoms with Crippen molar-refractivity contribution in [3.8, 4) is 0 Å². The maximum atomic E-state index is 5.83. The summed E-state index contributed by atoms with van der Waals surface area (Å²) in [4.78, 5) is 2.43. The first-order valence-corrected chi connectivity index (χ1v) is 4.48. The SMILES string of the molecule is CC(C)C12CC(CO1)N(C)C2. The Balaban J connectivity index is 2.17. The molecule has 11 heavy (non-hydrogen) atoms. The Hall–Kier alpha value is -0.0800. The summed E-state index contributed by atoms with van der Waals surface area (Å²) in [6.45, 7) is 6.62. The summed E-state index contributed by atoms with van der Waals surface area (Å²) in [5.41, 5.74) is 0.208. The molecule has 0 amide bonds. The molecule has 2 bridgehead atoms. The zero-order valence-corrected chi connectivity index (χ0v) is 7.63. The minimum Gasteiger partial charge on any atom is -0.372 e. The molecule has 2 saturated heterocycles. The van der Waals surface area contributed by atoms with Gasteiger partial charge in [0.2, 0.25) is 0 Å². The molecule has 2 unspecified atom stereocenters. The van der Waals surface area contributed by atoms with E-state index >= 15 is 0 Å². The lowest BCUT2D eigenvalue weighted by atomic mass is 9.90. The van der Waals surface area contributed by atoms with Gasteiger partial charge in [0.15, 0.2) is 0 Å². The van der Waals surface area contributed by atoms with Crippen LogP contribution >= 0.6 is 0 Å². The van der Waals surface area contributed by atoms with Crippen molar-refractivity contribution in [1.82, 2.24) is 4.90 Å². The molecule has 0 saturated carbocycles. The number of nitrogens with zero attached hydrogens (tertiary/aromatic N) is 1. The Labute approximate surface area is 68.5 Å². The normalized spacial score (nSPS) is 44.2. The van der Waals surface area contributed by atoms with Gasteiger partial charge in [0, 0.05) is 12.6 Å². The third-order valence-electron chi connectivity index (χ3n) is 3.34. The second-order valence-electron chi connectivity index (χ2n) is 4.30. The van der Waals surface area contributed by atoms with E-state index < -0.39 is 0 Å². The van der Waals surface area contributed by atoms with Crippen LogP contribution in [0.15, 0.2) is 0 Å². The number of morpholine rings is 1. The van der Waals surface area contributed by atoms with Crippen LogP contribution in [-0.4, -0.2) is 36.7 Å². The number of hydrogen-bond donors (Lipinski definition) is 0. The Kier molecular flexibility index (Phi) is 1.52. The predicted molar refractivity (Wildman–Crippen MR) is 44.6 cm³/mol. The fourth-order valence-electron chi connectivity index (χ4n) is 2.31. The molecule has 0 aliphatic carbocycles. The van der Waals surface area contributed by atoms with E-state index in [9.17, 15) is 0 Å². The summed E-state index contributed by atoms with van der Waals surface area (Å²) in [6, 6.07) is 0.706. The van der Waals surface area contributed by atoms with Crippen molar-refractivity contribution in [1.29, 1.82) is 0 Å². The van der Waals surface area contributed by atoms with Crippen LogP contribution in [0.3, 0.4) is 0 Å². The fraction of sp³-hybridized carbons (Fsp3) is 1.00. The van der Waals surface area contributed by atoms with Crippen LogP contribution in [0.4, 0.5) is 0 Å². The van der Waals surface area contributed by atoms with E-state index in [1.165, 1.54) is 6.42 Å². The highest BCUT2D eigenvalue weighted by Crippen LogP contribution is 2.41. The van der Waals surface area contributed by atoms with E-state index in [1.807, 2.05) is 0 Å². The topological polar surface area (TPSA) is 12.5 Å². The monoisotopic (exact) mass is 155 g/mol. The zero-order valence-electron chi connectivity index (χ0n) is 7.63. The lowest BCUT2D eigenvalue weighted by Gasteiger charge is -2.33. The van der Waals surface area contributed by atoms with Gasteiger partial charge in [-0.2, -0.15) is 0 Å². The summed E-state index contributed by atoms with van der Waals surface area (Å²) in [7, 11) is 2.21. The van der Waals surface area contributed by atoms with Gasteiger partial charge in [-0.15, -0.1) is 0 Å². The van der Waals surface area contributed by atoms with Crippen molar-refractivity contribution in [2.24, 2.45) is 5.92 Å². The first kappa shape index (κ1) is 7.56. The smallest absolute Gasteiger partial charge is 0.0848 e. The van der Waals surface area contributed by atoms with Crippen molar-refractivity contribution in [3.05, 3.63) is 0 Å². The first-order chi connectivity index (χ1) is 5.14. The quantitative estimate of drug-likeness (QED) is 0.562. The van der Waals surface area contributed by atoms with Gasteiger partial charge in [0.25, 0.3) is 0 Å². The maximum Gasteiger partial charge on any atom is 0.0848 e. The van der Waals surface area contributed by atoms with Crippen molar-refractivity contribution < 1.29 is 4.74 Å². The largest absolute Gasteiger partial charge is 0.372 e. The van der Waals surface area contributed by atoms with Gasteiger partial charge in [0.1, 0.15) is 0 Å². The molecule has 0 aromatic carbocycles. The van der Waals surface area contributed by atoms with Crippen LogP contribution < -0.4 is 0 Å². The van der Waals surface area contributed by atoms with Gasteiger partial charge in [0.05, 0.1) is 12.2 Å². The summed E-state index contributed by atoms with van der Waals surface area (Å²) in [6.07, 6.45) is 1.25. The molecule has 0 spiro atoms. The Morgan fingerprint density at radius 1 is 1.55 bits per heavy atom. The highest BCUT2D eigenvalue weighted by molar-refractivity contribution is 5.03. The minimum atomic E-state index is 0.208. The molecule has 0 aromatic heterocycles. The molecule has 2 heteroatoms. The molecule has 64 valence electrons. The van der Waals surface area contributed by atoms with E-state index in [1.54, 1.807) is 0 Å². The van der Waals surface area contributed by atoms with Gasteiger partial charge in [-0.1, -0.05) is 13.8 Å². The molecule has 2 atom stereocenters. The summed E-state index contributed by atoms with van der Waals surface area (Å²) < 4.78 is 5.83. The predicted octanol–water partition coefficient (Wildman–Crippen LogP) is 1.12. The van der Waals surface area contributed by atoms with Crippen LogP contribution in [-0.2, 0) is 4.74 Å². The molecule has 2 aliphatic rings. The minimum absolute atomic E-state index is 0.208. The van der Waals surface area contributed by atoms with E-state index in [0.717, 1.165) is 13.2 Å². The van der Waals surface area contributed by atoms with E-state index in [4.69, 9.17) is 4.74 Å². The van der Waals surface area contributed by atoms with Crippen LogP contribution in [0.2, 0.25) is 0 Å². The third kappa shape index (κ3) is 0.926. The maximum absolute atomic E-state index is 5.83. The molecule has 0 aromatic rings. The van der Waals surface area contributed by atoms with Crippen molar-refractivity contribution >= 4 is 0 Å². The van der Waals surface area contributed by atoms with E-state index in [0.29, 0.717) is 12.0 Å². The van der Waals surface area contributed by atoms with Crippen LogP contribution in [0.25, 0.3) is 0 Å². The van der Waals surface area contributed by atoms with Crippen LogP contribution in [0.1, 0.15) is 20.3 Å². The van der Waals surface area contributed by atoms with E-state index in [2.05, 4.69) is 25.8 Å². The van der Waals surface area contributed by atoms with Gasteiger partial charge in [-0.3, -0.25) is 4.90 Å². The van der Waals surface area contributed by atoms with Crippen molar-refractivity contribution in [2.45, 2.75) is 31.9 Å². The molecule has 0 N–H and O–H groups in total. The first-order valence-electron chi connectivity index (χ1n) is 4.48. The number of rotatable bonds is 1. The average Bonchev–Trinajstić information content (AvgIpc) is 2.44. The van der Waals surface area contributed by atoms with E-state index in [-0.39, 0.29) is 5.60 Å². The molecule has 2 fully saturated rings. The Bertz CT molecular complexity index is 165. The second-order valence-corrected chi connectivity index (χ2v) is 4.30. The summed E-state index contributed by atoms with van der Waals surface area (Å²) in [5.74, 6) is 0.664. The molecule has 2 rings (SSSR count). The summed E-state index contributed by atoms with van der Waals surface area (Å²) in [5, 5.41) is 0. The van der Waals surface area contributed by atoms with Gasteiger partial charge in [-0.25, -0.2) is 0 Å². The van der Waals surface area contributed by atoms with Crippen LogP contribution in [0.5, 0.6) is 0 Å². The van der Waals surface area contributed by atoms with Gasteiger partial charge < -0.3 is 4.74 Å². The Morgan fingerprint density at radius 3 is 2.55 bits per heavy atom. The molecular weight excluding hydrogens is 138 g/mol. The van der Waals surface area contributed by atoms with Crippen LogP contribution in [0, 0.1) is 5.92 Å². The standard InChI is InChI=1S/C9H17NO/c1-7(2)9-4-8(5-11-9)10(3)6-9/h7-8H,4-6H2,1-3H3. The summed E-state index contributed by atoms with van der Waals surface area (Å²) >= 11 is 0. The lowest BCUT2D eigenvalue weighted by Crippen LogP contribution is -2.43. The third-order valence-corrected chi connectivity index (χ3v) is 3.34. The van der Waals surface area contributed by atoms with Crippen molar-refractivity contribution in [3.63, 3.8) is 0 Å². The second kappa shape index (κ2) is 2.20.